The average Bonchev–Trinajstić information content (AvgIpc) is 2.65. The van der Waals surface area contributed by atoms with E-state index in [9.17, 15) is 0 Å². The van der Waals surface area contributed by atoms with Gasteiger partial charge in [0.1, 0.15) is 0 Å². The average molecular weight is 240 g/mol. The smallest absolute Gasteiger partial charge is 0.0784 e. The Morgan fingerprint density at radius 2 is 2.06 bits per heavy atom. The maximum atomic E-state index is 5.89. The molecule has 0 bridgehead atoms. The number of ether oxygens (including phenoxy) is 1. The summed E-state index contributed by atoms with van der Waals surface area (Å²) in [6.07, 6.45) is 0.402. The summed E-state index contributed by atoms with van der Waals surface area (Å²) in [5.74, 6) is 0.576. The van der Waals surface area contributed by atoms with Gasteiger partial charge in [-0.25, -0.2) is 0 Å². The van der Waals surface area contributed by atoms with Crippen LogP contribution in [0.1, 0.15) is 28.2 Å². The predicted molar refractivity (Wildman–Crippen MR) is 67.4 cm³/mol. The lowest BCUT2D eigenvalue weighted by atomic mass is 9.86. The van der Waals surface area contributed by atoms with Gasteiger partial charge in [0.25, 0.3) is 0 Å². The second-order valence-corrected chi connectivity index (χ2v) is 4.76. The number of fused-ring (bicyclic) bond motifs is 3. The highest BCUT2D eigenvalue weighted by atomic mass is 35.5. The van der Waals surface area contributed by atoms with Gasteiger partial charge in [0, 0.05) is 19.0 Å². The summed E-state index contributed by atoms with van der Waals surface area (Å²) >= 11 is 0. The van der Waals surface area contributed by atoms with Gasteiger partial charge in [0.05, 0.1) is 12.7 Å². The van der Waals surface area contributed by atoms with Crippen molar-refractivity contribution in [3.8, 4) is 0 Å². The Bertz CT molecular complexity index is 405. The maximum absolute atomic E-state index is 5.89. The highest BCUT2D eigenvalue weighted by Crippen LogP contribution is 2.35. The molecule has 0 saturated carbocycles. The molecular weight excluding hydrogens is 222 g/mol. The van der Waals surface area contributed by atoms with E-state index < -0.39 is 0 Å². The molecule has 2 atom stereocenters. The van der Waals surface area contributed by atoms with Crippen LogP contribution in [0.15, 0.2) is 12.1 Å². The minimum atomic E-state index is 0. The summed E-state index contributed by atoms with van der Waals surface area (Å²) in [5, 5.41) is 3.42. The Morgan fingerprint density at radius 3 is 2.88 bits per heavy atom. The van der Waals surface area contributed by atoms with E-state index in [2.05, 4.69) is 31.3 Å². The van der Waals surface area contributed by atoms with E-state index in [-0.39, 0.29) is 12.4 Å². The topological polar surface area (TPSA) is 21.3 Å². The van der Waals surface area contributed by atoms with Crippen molar-refractivity contribution in [2.45, 2.75) is 32.5 Å². The van der Waals surface area contributed by atoms with Gasteiger partial charge >= 0.3 is 0 Å². The molecule has 16 heavy (non-hydrogen) atoms. The van der Waals surface area contributed by atoms with Gasteiger partial charge in [0.2, 0.25) is 0 Å². The molecule has 0 aliphatic carbocycles. The number of hydrogen-bond acceptors (Lipinski definition) is 2. The van der Waals surface area contributed by atoms with Crippen LogP contribution >= 0.6 is 12.4 Å². The Morgan fingerprint density at radius 1 is 1.25 bits per heavy atom. The number of benzene rings is 1. The lowest BCUT2D eigenvalue weighted by molar-refractivity contribution is 0.0295. The number of aryl methyl sites for hydroxylation is 2. The van der Waals surface area contributed by atoms with Crippen molar-refractivity contribution in [1.29, 1.82) is 0 Å². The monoisotopic (exact) mass is 239 g/mol. The van der Waals surface area contributed by atoms with Crippen molar-refractivity contribution >= 4 is 12.4 Å². The lowest BCUT2D eigenvalue weighted by Gasteiger charge is -2.29. The zero-order valence-corrected chi connectivity index (χ0v) is 10.6. The molecule has 2 heterocycles. The Labute approximate surface area is 103 Å². The van der Waals surface area contributed by atoms with Crippen LogP contribution in [0.2, 0.25) is 0 Å². The summed E-state index contributed by atoms with van der Waals surface area (Å²) in [7, 11) is 0. The first-order chi connectivity index (χ1) is 7.25. The highest BCUT2D eigenvalue weighted by Gasteiger charge is 2.34. The molecule has 1 saturated heterocycles. The molecule has 88 valence electrons. The SMILES string of the molecule is Cc1cc(C)c2c(c1)[C@H]1CNC[C@H]1OC2.Cl. The van der Waals surface area contributed by atoms with Crippen LogP contribution in [-0.2, 0) is 11.3 Å². The normalized spacial score (nSPS) is 26.9. The fraction of sp³-hybridized carbons (Fsp3) is 0.538. The zero-order chi connectivity index (χ0) is 10.4. The van der Waals surface area contributed by atoms with Crippen LogP contribution in [-0.4, -0.2) is 19.2 Å². The maximum Gasteiger partial charge on any atom is 0.0784 e. The standard InChI is InChI=1S/C13H17NO.ClH/c1-8-3-9(2)12-7-15-13-6-14-5-11(13)10(12)4-8;/h3-4,11,13-14H,5-7H2,1-2H3;1H/t11-,13-;/m1./s1. The minimum absolute atomic E-state index is 0. The first-order valence-electron chi connectivity index (χ1n) is 5.68. The van der Waals surface area contributed by atoms with Crippen molar-refractivity contribution in [1.82, 2.24) is 5.32 Å². The van der Waals surface area contributed by atoms with Crippen molar-refractivity contribution in [3.05, 3.63) is 34.4 Å². The molecule has 0 spiro atoms. The van der Waals surface area contributed by atoms with Crippen LogP contribution in [0.4, 0.5) is 0 Å². The molecular formula is C13H18ClNO. The van der Waals surface area contributed by atoms with Gasteiger partial charge in [-0.15, -0.1) is 12.4 Å². The third-order valence-electron chi connectivity index (χ3n) is 3.65. The van der Waals surface area contributed by atoms with Crippen LogP contribution in [0, 0.1) is 13.8 Å². The molecule has 0 radical (unpaired) electrons. The Kier molecular flexibility index (Phi) is 3.24. The molecule has 1 N–H and O–H groups in total. The molecule has 0 unspecified atom stereocenters. The van der Waals surface area contributed by atoms with Crippen molar-refractivity contribution in [2.75, 3.05) is 13.1 Å². The number of halogens is 1. The number of rotatable bonds is 0. The van der Waals surface area contributed by atoms with E-state index in [1.54, 1.807) is 0 Å². The Balaban J connectivity index is 0.000000963. The molecule has 0 amide bonds. The molecule has 3 heteroatoms. The van der Waals surface area contributed by atoms with E-state index in [0.29, 0.717) is 12.0 Å². The molecule has 3 rings (SSSR count). The van der Waals surface area contributed by atoms with E-state index in [0.717, 1.165) is 19.7 Å². The van der Waals surface area contributed by atoms with E-state index in [1.165, 1.54) is 22.3 Å². The molecule has 2 aliphatic rings. The predicted octanol–water partition coefficient (Wildman–Crippen LogP) is 2.31. The number of hydrogen-bond donors (Lipinski definition) is 1. The first-order valence-corrected chi connectivity index (χ1v) is 5.68. The van der Waals surface area contributed by atoms with Crippen molar-refractivity contribution in [2.24, 2.45) is 0 Å². The van der Waals surface area contributed by atoms with Crippen LogP contribution in [0.3, 0.4) is 0 Å². The summed E-state index contributed by atoms with van der Waals surface area (Å²) < 4.78 is 5.89. The van der Waals surface area contributed by atoms with Gasteiger partial charge in [-0.3, -0.25) is 0 Å². The largest absolute Gasteiger partial charge is 0.372 e. The van der Waals surface area contributed by atoms with Gasteiger partial charge in [-0.1, -0.05) is 17.7 Å². The fourth-order valence-corrected chi connectivity index (χ4v) is 2.89. The lowest BCUT2D eigenvalue weighted by Crippen LogP contribution is -2.27. The summed E-state index contributed by atoms with van der Waals surface area (Å²) in [5.41, 5.74) is 5.70. The summed E-state index contributed by atoms with van der Waals surface area (Å²) in [6, 6.07) is 4.60. The van der Waals surface area contributed by atoms with Crippen LogP contribution < -0.4 is 5.32 Å². The van der Waals surface area contributed by atoms with Crippen molar-refractivity contribution in [3.63, 3.8) is 0 Å². The third kappa shape index (κ3) is 1.75. The third-order valence-corrected chi connectivity index (χ3v) is 3.65. The molecule has 1 fully saturated rings. The molecule has 1 aromatic carbocycles. The van der Waals surface area contributed by atoms with Gasteiger partial charge in [-0.2, -0.15) is 0 Å². The van der Waals surface area contributed by atoms with Gasteiger partial charge in [0.15, 0.2) is 0 Å². The van der Waals surface area contributed by atoms with Crippen molar-refractivity contribution < 1.29 is 4.74 Å². The van der Waals surface area contributed by atoms with E-state index >= 15 is 0 Å². The summed E-state index contributed by atoms with van der Waals surface area (Å²) in [6.45, 7) is 7.25. The number of nitrogens with one attached hydrogen (secondary N) is 1. The van der Waals surface area contributed by atoms with Gasteiger partial charge in [-0.05, 0) is 30.5 Å². The highest BCUT2D eigenvalue weighted by molar-refractivity contribution is 5.85. The van der Waals surface area contributed by atoms with E-state index in [1.807, 2.05) is 0 Å². The molecule has 2 aliphatic heterocycles. The quantitative estimate of drug-likeness (QED) is 0.750. The zero-order valence-electron chi connectivity index (χ0n) is 9.75. The van der Waals surface area contributed by atoms with E-state index in [4.69, 9.17) is 4.74 Å². The molecule has 2 nitrogen and oxygen atoms in total. The second kappa shape index (κ2) is 4.36. The molecule has 1 aromatic rings. The summed E-state index contributed by atoms with van der Waals surface area (Å²) in [4.78, 5) is 0. The van der Waals surface area contributed by atoms with Gasteiger partial charge < -0.3 is 10.1 Å². The Hall–Kier alpha value is -0.570. The molecule has 0 aromatic heterocycles. The second-order valence-electron chi connectivity index (χ2n) is 4.76. The van der Waals surface area contributed by atoms with Crippen LogP contribution in [0.25, 0.3) is 0 Å². The fourth-order valence-electron chi connectivity index (χ4n) is 2.89. The van der Waals surface area contributed by atoms with Crippen LogP contribution in [0.5, 0.6) is 0 Å². The first kappa shape index (κ1) is 11.9. The minimum Gasteiger partial charge on any atom is -0.372 e.